The minimum absolute atomic E-state index is 0.245. The number of nitrogens with one attached hydrogen (secondary N) is 1. The molecular weight excluding hydrogens is 204 g/mol. The van der Waals surface area contributed by atoms with E-state index in [2.05, 4.69) is 29.1 Å². The van der Waals surface area contributed by atoms with Gasteiger partial charge in [-0.25, -0.2) is 0 Å². The van der Waals surface area contributed by atoms with Crippen molar-refractivity contribution < 1.29 is 4.79 Å². The fourth-order valence-electron chi connectivity index (χ4n) is 2.25. The van der Waals surface area contributed by atoms with Gasteiger partial charge in [0.25, 0.3) is 0 Å². The number of carbonyl (C=O) groups excluding carboxylic acids is 1. The van der Waals surface area contributed by atoms with Gasteiger partial charge in [-0.1, -0.05) is 0 Å². The zero-order valence-electron chi connectivity index (χ0n) is 10.6. The van der Waals surface area contributed by atoms with Crippen LogP contribution >= 0.6 is 0 Å². The molecule has 1 fully saturated rings. The first-order chi connectivity index (χ1) is 7.54. The molecule has 5 heteroatoms. The quantitative estimate of drug-likeness (QED) is 0.654. The highest BCUT2D eigenvalue weighted by molar-refractivity contribution is 5.80. The summed E-state index contributed by atoms with van der Waals surface area (Å²) >= 11 is 0. The maximum absolute atomic E-state index is 11.2. The number of likely N-dealkylation sites (N-methyl/N-ethyl adjacent to an activating group) is 2. The molecule has 0 spiro atoms. The molecule has 1 heterocycles. The van der Waals surface area contributed by atoms with Crippen molar-refractivity contribution in [3.05, 3.63) is 0 Å². The smallest absolute Gasteiger partial charge is 0.235 e. The van der Waals surface area contributed by atoms with E-state index in [1.807, 2.05) is 0 Å². The summed E-state index contributed by atoms with van der Waals surface area (Å²) in [6, 6.07) is 0.230. The molecule has 0 bridgehead atoms. The number of amides is 1. The first-order valence-corrected chi connectivity index (χ1v) is 5.93. The maximum atomic E-state index is 11.2. The fourth-order valence-corrected chi connectivity index (χ4v) is 2.25. The average molecular weight is 228 g/mol. The molecule has 1 aliphatic heterocycles. The Morgan fingerprint density at radius 3 is 2.81 bits per heavy atom. The van der Waals surface area contributed by atoms with Gasteiger partial charge in [0.2, 0.25) is 5.91 Å². The van der Waals surface area contributed by atoms with Gasteiger partial charge in [0.15, 0.2) is 0 Å². The molecule has 1 amide bonds. The normalized spacial score (nSPS) is 26.3. The summed E-state index contributed by atoms with van der Waals surface area (Å²) in [5.74, 6) is -0.271. The summed E-state index contributed by atoms with van der Waals surface area (Å²) < 4.78 is 0. The third kappa shape index (κ3) is 3.73. The minimum Gasteiger partial charge on any atom is -0.368 e. The van der Waals surface area contributed by atoms with E-state index in [9.17, 15) is 4.79 Å². The van der Waals surface area contributed by atoms with Crippen molar-refractivity contribution in [3.63, 3.8) is 0 Å². The van der Waals surface area contributed by atoms with E-state index < -0.39 is 0 Å². The topological polar surface area (TPSA) is 61.6 Å². The molecule has 2 atom stereocenters. The Morgan fingerprint density at radius 1 is 1.56 bits per heavy atom. The molecule has 0 radical (unpaired) electrons. The van der Waals surface area contributed by atoms with Crippen LogP contribution in [0.25, 0.3) is 0 Å². The van der Waals surface area contributed by atoms with Gasteiger partial charge in [-0.05, 0) is 40.5 Å². The molecule has 3 N–H and O–H groups in total. The van der Waals surface area contributed by atoms with Crippen LogP contribution in [0.2, 0.25) is 0 Å². The van der Waals surface area contributed by atoms with Gasteiger partial charge in [0.1, 0.15) is 0 Å². The van der Waals surface area contributed by atoms with E-state index in [0.29, 0.717) is 12.6 Å². The van der Waals surface area contributed by atoms with Gasteiger partial charge in [0, 0.05) is 19.1 Å². The predicted molar refractivity (Wildman–Crippen MR) is 65.2 cm³/mol. The average Bonchev–Trinajstić information content (AvgIpc) is 2.36. The Bertz CT molecular complexity index is 234. The standard InChI is InChI=1S/C11H24N4O/c1-9-7-14(3)5-4-6-15(9)8-10(13-2)11(12)16/h9-10,13H,4-8H2,1-3H3,(H2,12,16). The van der Waals surface area contributed by atoms with Gasteiger partial charge in [-0.3, -0.25) is 9.69 Å². The van der Waals surface area contributed by atoms with E-state index in [-0.39, 0.29) is 11.9 Å². The first kappa shape index (κ1) is 13.4. The third-order valence-electron chi connectivity index (χ3n) is 3.29. The lowest BCUT2D eigenvalue weighted by molar-refractivity contribution is -0.120. The Labute approximate surface area is 98.0 Å². The molecule has 94 valence electrons. The lowest BCUT2D eigenvalue weighted by atomic mass is 10.2. The van der Waals surface area contributed by atoms with Crippen molar-refractivity contribution in [1.29, 1.82) is 0 Å². The van der Waals surface area contributed by atoms with Gasteiger partial charge < -0.3 is 16.0 Å². The monoisotopic (exact) mass is 228 g/mol. The number of hydrogen-bond acceptors (Lipinski definition) is 4. The lowest BCUT2D eigenvalue weighted by Gasteiger charge is -2.30. The molecule has 1 rings (SSSR count). The highest BCUT2D eigenvalue weighted by Gasteiger charge is 2.23. The molecule has 0 aromatic heterocycles. The molecule has 0 aromatic rings. The fraction of sp³-hybridized carbons (Fsp3) is 0.909. The lowest BCUT2D eigenvalue weighted by Crippen LogP contribution is -2.50. The van der Waals surface area contributed by atoms with E-state index in [0.717, 1.165) is 26.1 Å². The highest BCUT2D eigenvalue weighted by atomic mass is 16.1. The van der Waals surface area contributed by atoms with Crippen molar-refractivity contribution in [2.45, 2.75) is 25.4 Å². The van der Waals surface area contributed by atoms with E-state index in [4.69, 9.17) is 5.73 Å². The zero-order chi connectivity index (χ0) is 12.1. The van der Waals surface area contributed by atoms with Crippen LogP contribution in [0.4, 0.5) is 0 Å². The first-order valence-electron chi connectivity index (χ1n) is 5.93. The zero-order valence-corrected chi connectivity index (χ0v) is 10.6. The number of primary amides is 1. The number of hydrogen-bond donors (Lipinski definition) is 2. The van der Waals surface area contributed by atoms with Crippen LogP contribution in [-0.2, 0) is 4.79 Å². The third-order valence-corrected chi connectivity index (χ3v) is 3.29. The van der Waals surface area contributed by atoms with E-state index >= 15 is 0 Å². The van der Waals surface area contributed by atoms with Crippen LogP contribution in [0.15, 0.2) is 0 Å². The van der Waals surface area contributed by atoms with E-state index in [1.165, 1.54) is 0 Å². The van der Waals surface area contributed by atoms with Gasteiger partial charge in [-0.2, -0.15) is 0 Å². The maximum Gasteiger partial charge on any atom is 0.235 e. The van der Waals surface area contributed by atoms with E-state index in [1.54, 1.807) is 7.05 Å². The summed E-state index contributed by atoms with van der Waals surface area (Å²) in [7, 11) is 3.92. The van der Waals surface area contributed by atoms with Crippen LogP contribution in [-0.4, -0.2) is 68.1 Å². The van der Waals surface area contributed by atoms with Crippen molar-refractivity contribution >= 4 is 5.91 Å². The van der Waals surface area contributed by atoms with Crippen LogP contribution in [0.3, 0.4) is 0 Å². The SMILES string of the molecule is CNC(CN1CCCN(C)CC1C)C(N)=O. The van der Waals surface area contributed by atoms with Gasteiger partial charge in [0.05, 0.1) is 6.04 Å². The highest BCUT2D eigenvalue weighted by Crippen LogP contribution is 2.08. The van der Waals surface area contributed by atoms with Crippen molar-refractivity contribution in [3.8, 4) is 0 Å². The number of nitrogens with two attached hydrogens (primary N) is 1. The Balaban J connectivity index is 2.54. The molecule has 1 saturated heterocycles. The largest absolute Gasteiger partial charge is 0.368 e. The number of nitrogens with zero attached hydrogens (tertiary/aromatic N) is 2. The van der Waals surface area contributed by atoms with Crippen LogP contribution < -0.4 is 11.1 Å². The van der Waals surface area contributed by atoms with Crippen LogP contribution in [0.5, 0.6) is 0 Å². The van der Waals surface area contributed by atoms with Crippen LogP contribution in [0, 0.1) is 0 Å². The summed E-state index contributed by atoms with van der Waals surface area (Å²) in [4.78, 5) is 15.9. The van der Waals surface area contributed by atoms with Crippen LogP contribution in [0.1, 0.15) is 13.3 Å². The molecule has 0 aliphatic carbocycles. The minimum atomic E-state index is -0.271. The summed E-state index contributed by atoms with van der Waals surface area (Å²) in [5.41, 5.74) is 5.34. The molecule has 0 saturated carbocycles. The molecule has 16 heavy (non-hydrogen) atoms. The summed E-state index contributed by atoms with van der Waals surface area (Å²) in [5, 5.41) is 2.97. The molecule has 2 unspecified atom stereocenters. The Kier molecular flexibility index (Phi) is 5.18. The van der Waals surface area contributed by atoms with Gasteiger partial charge in [-0.15, -0.1) is 0 Å². The number of carbonyl (C=O) groups is 1. The second kappa shape index (κ2) is 6.18. The van der Waals surface area contributed by atoms with Crippen molar-refractivity contribution in [1.82, 2.24) is 15.1 Å². The second-order valence-electron chi connectivity index (χ2n) is 4.70. The molecular formula is C11H24N4O. The number of rotatable bonds is 4. The van der Waals surface area contributed by atoms with Crippen molar-refractivity contribution in [2.24, 2.45) is 5.73 Å². The Hall–Kier alpha value is -0.650. The van der Waals surface area contributed by atoms with Gasteiger partial charge >= 0.3 is 0 Å². The molecule has 1 aliphatic rings. The molecule has 0 aromatic carbocycles. The summed E-state index contributed by atoms with van der Waals surface area (Å²) in [6.45, 7) is 6.13. The second-order valence-corrected chi connectivity index (χ2v) is 4.70. The summed E-state index contributed by atoms with van der Waals surface area (Å²) in [6.07, 6.45) is 1.15. The Morgan fingerprint density at radius 2 is 2.25 bits per heavy atom. The predicted octanol–water partition coefficient (Wildman–Crippen LogP) is -0.914. The molecule has 5 nitrogen and oxygen atoms in total. The van der Waals surface area contributed by atoms with Crippen molar-refractivity contribution in [2.75, 3.05) is 40.3 Å².